The molecule has 0 aliphatic carbocycles. The maximum atomic E-state index is 5.70. The first kappa shape index (κ1) is 11.3. The molecular weight excluding hydrogens is 228 g/mol. The van der Waals surface area contributed by atoms with E-state index in [1.807, 2.05) is 30.5 Å². The van der Waals surface area contributed by atoms with Gasteiger partial charge in [0.05, 0.1) is 25.2 Å². The van der Waals surface area contributed by atoms with Crippen molar-refractivity contribution in [3.05, 3.63) is 47.9 Å². The van der Waals surface area contributed by atoms with Gasteiger partial charge in [-0.05, 0) is 24.5 Å². The summed E-state index contributed by atoms with van der Waals surface area (Å²) in [6.07, 6.45) is 5.61. The zero-order chi connectivity index (χ0) is 12.4. The number of ether oxygens (including phenoxy) is 1. The van der Waals surface area contributed by atoms with E-state index in [0.717, 1.165) is 41.6 Å². The smallest absolute Gasteiger partial charge is 0.134 e. The number of hydrogen-bond acceptors (Lipinski definition) is 4. The van der Waals surface area contributed by atoms with E-state index < -0.39 is 0 Å². The maximum Gasteiger partial charge on any atom is 0.134 e. The maximum absolute atomic E-state index is 5.70. The van der Waals surface area contributed by atoms with Gasteiger partial charge >= 0.3 is 0 Å². The monoisotopic (exact) mass is 244 g/mol. The highest BCUT2D eigenvalue weighted by Gasteiger charge is 2.21. The molecule has 1 aromatic carbocycles. The summed E-state index contributed by atoms with van der Waals surface area (Å²) >= 11 is 0. The Kier molecular flexibility index (Phi) is 3.04. The predicted octanol–water partition coefficient (Wildman–Crippen LogP) is 2.63. The highest BCUT2D eigenvalue weighted by Crippen LogP contribution is 2.32. The third-order valence-corrected chi connectivity index (χ3v) is 3.32. The Morgan fingerprint density at radius 3 is 2.94 bits per heavy atom. The molecule has 4 heteroatoms. The summed E-state index contributed by atoms with van der Waals surface area (Å²) in [7, 11) is 0. The fraction of sp³-hybridized carbons (Fsp3) is 0.286. The van der Waals surface area contributed by atoms with Gasteiger partial charge in [-0.2, -0.15) is 0 Å². The summed E-state index contributed by atoms with van der Waals surface area (Å²) in [6.45, 7) is 0.785. The Morgan fingerprint density at radius 1 is 1.28 bits per heavy atom. The van der Waals surface area contributed by atoms with Crippen molar-refractivity contribution in [1.82, 2.24) is 5.43 Å². The number of nitrogens with one attached hydrogen (secondary N) is 1. The van der Waals surface area contributed by atoms with Crippen molar-refractivity contribution >= 4 is 11.0 Å². The highest BCUT2D eigenvalue weighted by molar-refractivity contribution is 5.81. The molecule has 3 N–H and O–H groups in total. The Hall–Kier alpha value is -1.78. The Morgan fingerprint density at radius 2 is 2.17 bits per heavy atom. The van der Waals surface area contributed by atoms with Crippen LogP contribution >= 0.6 is 0 Å². The first-order valence-corrected chi connectivity index (χ1v) is 6.13. The van der Waals surface area contributed by atoms with Crippen LogP contribution in [0.2, 0.25) is 0 Å². The van der Waals surface area contributed by atoms with Crippen LogP contribution in [0.5, 0.6) is 0 Å². The quantitative estimate of drug-likeness (QED) is 0.643. The first-order valence-electron chi connectivity index (χ1n) is 6.13. The third kappa shape index (κ3) is 1.89. The zero-order valence-corrected chi connectivity index (χ0v) is 10.1. The molecule has 1 unspecified atom stereocenters. The lowest BCUT2D eigenvalue weighted by Crippen LogP contribution is -2.30. The van der Waals surface area contributed by atoms with Crippen LogP contribution in [-0.2, 0) is 4.74 Å². The predicted molar refractivity (Wildman–Crippen MR) is 69.5 cm³/mol. The van der Waals surface area contributed by atoms with E-state index in [2.05, 4.69) is 5.43 Å². The fourth-order valence-electron chi connectivity index (χ4n) is 2.42. The molecule has 2 heterocycles. The molecule has 4 nitrogen and oxygen atoms in total. The molecule has 1 aromatic heterocycles. The number of hydrazine groups is 1. The largest absolute Gasteiger partial charge is 0.501 e. The van der Waals surface area contributed by atoms with E-state index in [1.165, 1.54) is 0 Å². The molecule has 1 atom stereocenters. The SMILES string of the molecule is NNC(C1=COCCC1)c1coc2ccccc12. The van der Waals surface area contributed by atoms with Crippen molar-refractivity contribution in [2.75, 3.05) is 6.61 Å². The van der Waals surface area contributed by atoms with Crippen LogP contribution in [0, 0.1) is 0 Å². The number of fused-ring (bicyclic) bond motifs is 1. The molecular formula is C14H16N2O2. The Balaban J connectivity index is 2.03. The van der Waals surface area contributed by atoms with Crippen LogP contribution < -0.4 is 11.3 Å². The first-order chi connectivity index (χ1) is 8.90. The molecule has 18 heavy (non-hydrogen) atoms. The van der Waals surface area contributed by atoms with Crippen LogP contribution in [0.3, 0.4) is 0 Å². The minimum absolute atomic E-state index is 0.0473. The average Bonchev–Trinajstić information content (AvgIpc) is 2.85. The average molecular weight is 244 g/mol. The lowest BCUT2D eigenvalue weighted by molar-refractivity contribution is 0.219. The molecule has 0 amide bonds. The van der Waals surface area contributed by atoms with Gasteiger partial charge in [-0.3, -0.25) is 5.84 Å². The van der Waals surface area contributed by atoms with Crippen molar-refractivity contribution < 1.29 is 9.15 Å². The van der Waals surface area contributed by atoms with Crippen molar-refractivity contribution in [1.29, 1.82) is 0 Å². The molecule has 0 saturated heterocycles. The molecule has 94 valence electrons. The van der Waals surface area contributed by atoms with Crippen molar-refractivity contribution in [3.8, 4) is 0 Å². The Bertz CT molecular complexity index is 574. The summed E-state index contributed by atoms with van der Waals surface area (Å²) in [5.74, 6) is 5.70. The second-order valence-corrected chi connectivity index (χ2v) is 4.45. The molecule has 0 spiro atoms. The van der Waals surface area contributed by atoms with E-state index in [-0.39, 0.29) is 6.04 Å². The molecule has 2 aromatic rings. The van der Waals surface area contributed by atoms with Gasteiger partial charge in [0.15, 0.2) is 0 Å². The summed E-state index contributed by atoms with van der Waals surface area (Å²) in [5.41, 5.74) is 5.96. The number of rotatable bonds is 3. The number of benzene rings is 1. The van der Waals surface area contributed by atoms with Gasteiger partial charge in [0, 0.05) is 10.9 Å². The summed E-state index contributed by atoms with van der Waals surface area (Å²) < 4.78 is 10.9. The molecule has 0 fully saturated rings. The zero-order valence-electron chi connectivity index (χ0n) is 10.1. The fourth-order valence-corrected chi connectivity index (χ4v) is 2.42. The molecule has 0 radical (unpaired) electrons. The van der Waals surface area contributed by atoms with E-state index in [1.54, 1.807) is 6.26 Å². The second kappa shape index (κ2) is 4.84. The minimum atomic E-state index is -0.0473. The topological polar surface area (TPSA) is 60.4 Å². The standard InChI is InChI=1S/C14H16N2O2/c15-16-14(10-4-3-7-17-8-10)12-9-18-13-6-2-1-5-11(12)13/h1-2,5-6,8-9,14,16H,3-4,7,15H2. The van der Waals surface area contributed by atoms with Crippen LogP contribution in [0.1, 0.15) is 24.4 Å². The van der Waals surface area contributed by atoms with E-state index >= 15 is 0 Å². The summed E-state index contributed by atoms with van der Waals surface area (Å²) in [4.78, 5) is 0. The van der Waals surface area contributed by atoms with Gasteiger partial charge in [0.1, 0.15) is 5.58 Å². The van der Waals surface area contributed by atoms with Crippen molar-refractivity contribution in [2.24, 2.45) is 5.84 Å². The number of furan rings is 1. The third-order valence-electron chi connectivity index (χ3n) is 3.32. The van der Waals surface area contributed by atoms with Crippen molar-refractivity contribution in [3.63, 3.8) is 0 Å². The Labute approximate surface area is 105 Å². The number of nitrogens with two attached hydrogens (primary N) is 1. The van der Waals surface area contributed by atoms with Crippen LogP contribution in [0.25, 0.3) is 11.0 Å². The summed E-state index contributed by atoms with van der Waals surface area (Å²) in [5, 5.41) is 1.09. The molecule has 0 saturated carbocycles. The van der Waals surface area contributed by atoms with Gasteiger partial charge in [-0.15, -0.1) is 0 Å². The molecule has 1 aliphatic rings. The molecule has 0 bridgehead atoms. The van der Waals surface area contributed by atoms with E-state index in [9.17, 15) is 0 Å². The molecule has 3 rings (SSSR count). The van der Waals surface area contributed by atoms with Crippen LogP contribution in [-0.4, -0.2) is 6.61 Å². The van der Waals surface area contributed by atoms with Crippen molar-refractivity contribution in [2.45, 2.75) is 18.9 Å². The van der Waals surface area contributed by atoms with Gasteiger partial charge in [0.25, 0.3) is 0 Å². The van der Waals surface area contributed by atoms with Gasteiger partial charge in [0.2, 0.25) is 0 Å². The minimum Gasteiger partial charge on any atom is -0.501 e. The summed E-state index contributed by atoms with van der Waals surface area (Å²) in [6, 6.07) is 7.92. The normalized spacial score (nSPS) is 17.3. The van der Waals surface area contributed by atoms with E-state index in [0.29, 0.717) is 0 Å². The number of hydrogen-bond donors (Lipinski definition) is 2. The lowest BCUT2D eigenvalue weighted by Gasteiger charge is -2.21. The molecule has 1 aliphatic heterocycles. The van der Waals surface area contributed by atoms with Gasteiger partial charge in [-0.25, -0.2) is 5.43 Å². The second-order valence-electron chi connectivity index (χ2n) is 4.45. The van der Waals surface area contributed by atoms with Crippen LogP contribution in [0.15, 0.2) is 46.8 Å². The van der Waals surface area contributed by atoms with Gasteiger partial charge < -0.3 is 9.15 Å². The van der Waals surface area contributed by atoms with Crippen LogP contribution in [0.4, 0.5) is 0 Å². The van der Waals surface area contributed by atoms with Gasteiger partial charge in [-0.1, -0.05) is 18.2 Å². The lowest BCUT2D eigenvalue weighted by atomic mass is 9.95. The highest BCUT2D eigenvalue weighted by atomic mass is 16.5. The number of para-hydroxylation sites is 1. The van der Waals surface area contributed by atoms with E-state index in [4.69, 9.17) is 15.0 Å².